The third-order valence-electron chi connectivity index (χ3n) is 10.3. The minimum absolute atomic E-state index is 0. The average Bonchev–Trinajstić information content (AvgIpc) is 3.81. The molecule has 273 valence electrons. The fourth-order valence-electron chi connectivity index (χ4n) is 7.08. The fourth-order valence-corrected chi connectivity index (χ4v) is 7.08. The van der Waals surface area contributed by atoms with Crippen molar-refractivity contribution in [1.82, 2.24) is 39.9 Å². The summed E-state index contributed by atoms with van der Waals surface area (Å²) in [5.41, 5.74) is 15.7. The molecule has 10 heteroatoms. The van der Waals surface area contributed by atoms with Gasteiger partial charge in [0.15, 0.2) is 0 Å². The summed E-state index contributed by atoms with van der Waals surface area (Å²) in [6, 6.07) is 25.0. The minimum Gasteiger partial charge on any atom is -0.399 e. The van der Waals surface area contributed by atoms with Crippen molar-refractivity contribution in [3.63, 3.8) is 0 Å². The molecule has 2 N–H and O–H groups in total. The summed E-state index contributed by atoms with van der Waals surface area (Å²) in [5, 5.41) is 3.54. The third-order valence-corrected chi connectivity index (χ3v) is 10.3. The van der Waals surface area contributed by atoms with Gasteiger partial charge in [0, 0.05) is 50.5 Å². The molecule has 2 aliphatic heterocycles. The minimum atomic E-state index is -0.0883. The fraction of sp³-hybridized carbons (Fsp3) is 0.273. The van der Waals surface area contributed by atoms with E-state index < -0.39 is 0 Å². The molecule has 8 bridgehead atoms. The van der Waals surface area contributed by atoms with Gasteiger partial charge < -0.3 is 35.6 Å². The maximum absolute atomic E-state index is 6.34. The number of rotatable bonds is 0. The number of nitrogen functional groups attached to an aromatic ring is 1. The van der Waals surface area contributed by atoms with E-state index in [-0.39, 0.29) is 33.3 Å². The van der Waals surface area contributed by atoms with Crippen molar-refractivity contribution < 1.29 is 17.1 Å². The first kappa shape index (κ1) is 35.6. The van der Waals surface area contributed by atoms with Crippen LogP contribution < -0.4 is 15.7 Å². The molecule has 1 radical (unpaired) electrons. The summed E-state index contributed by atoms with van der Waals surface area (Å²) in [7, 11) is 0. The standard InChI is InChI=1S/C44H41N9.Cu/c1-42(2,3)22-10-14-26-30(18-22)38-46-34(26)48-39-32-20-24(44(7,8)9)12-16-28(32)36(50-39)52-41-33-21-25(45)13-17-29(33)37(53-41)51-40-31-19-23(43(4,5)6)11-15-27(31)35(47-38)49-40;/h10-21H,45H2,1-9H3;/q-2;+2. The van der Waals surface area contributed by atoms with Crippen LogP contribution in [0.15, 0.2) is 72.8 Å². The summed E-state index contributed by atoms with van der Waals surface area (Å²) < 4.78 is 0. The van der Waals surface area contributed by atoms with E-state index in [0.29, 0.717) is 51.6 Å². The Bertz CT molecular complexity index is 2840. The van der Waals surface area contributed by atoms with Gasteiger partial charge in [-0.2, -0.15) is 0 Å². The van der Waals surface area contributed by atoms with Gasteiger partial charge in [-0.05, 0) is 90.9 Å². The van der Waals surface area contributed by atoms with Crippen LogP contribution in [0.2, 0.25) is 0 Å². The van der Waals surface area contributed by atoms with E-state index in [4.69, 9.17) is 45.6 Å². The summed E-state index contributed by atoms with van der Waals surface area (Å²) in [6.45, 7) is 19.8. The van der Waals surface area contributed by atoms with Crippen LogP contribution in [0, 0.1) is 0 Å². The topological polar surface area (TPSA) is 132 Å². The molecule has 0 atom stereocenters. The van der Waals surface area contributed by atoms with Gasteiger partial charge in [-0.1, -0.05) is 98.7 Å². The normalized spacial score (nSPS) is 12.8. The molecule has 7 aromatic rings. The zero-order valence-electron chi connectivity index (χ0n) is 31.9. The number of benzene rings is 4. The Morgan fingerprint density at radius 1 is 0.389 bits per heavy atom. The van der Waals surface area contributed by atoms with Gasteiger partial charge in [0.1, 0.15) is 0 Å². The monoisotopic (exact) mass is 758 g/mol. The van der Waals surface area contributed by atoms with Gasteiger partial charge in [-0.3, -0.25) is 0 Å². The molecule has 0 saturated carbocycles. The van der Waals surface area contributed by atoms with E-state index >= 15 is 0 Å². The molecule has 54 heavy (non-hydrogen) atoms. The first-order valence-corrected chi connectivity index (χ1v) is 18.1. The predicted molar refractivity (Wildman–Crippen MR) is 215 cm³/mol. The number of aromatic nitrogens is 8. The second-order valence-corrected chi connectivity index (χ2v) is 17.3. The Morgan fingerprint density at radius 2 is 0.741 bits per heavy atom. The Kier molecular flexibility index (Phi) is 7.93. The Labute approximate surface area is 324 Å². The van der Waals surface area contributed by atoms with E-state index in [1.165, 1.54) is 16.7 Å². The molecular formula is C44H41CuN9. The first-order chi connectivity index (χ1) is 25.0. The Hall–Kier alpha value is -5.44. The Morgan fingerprint density at radius 3 is 1.19 bits per heavy atom. The van der Waals surface area contributed by atoms with Gasteiger partial charge in [0.05, 0.1) is 23.3 Å². The third kappa shape index (κ3) is 5.85. The van der Waals surface area contributed by atoms with Gasteiger partial charge in [0.2, 0.25) is 0 Å². The number of nitrogens with zero attached hydrogens (tertiary/aromatic N) is 8. The van der Waals surface area contributed by atoms with Crippen LogP contribution in [-0.2, 0) is 33.3 Å². The van der Waals surface area contributed by atoms with Crippen molar-refractivity contribution >= 4 is 49.8 Å². The summed E-state index contributed by atoms with van der Waals surface area (Å²) in [4.78, 5) is 41.0. The van der Waals surface area contributed by atoms with Crippen molar-refractivity contribution in [3.05, 3.63) is 89.5 Å². The van der Waals surface area contributed by atoms with Crippen molar-refractivity contribution in [1.29, 1.82) is 0 Å². The van der Waals surface area contributed by atoms with Crippen LogP contribution in [0.5, 0.6) is 0 Å². The van der Waals surface area contributed by atoms with E-state index in [0.717, 1.165) is 43.8 Å². The maximum Gasteiger partial charge on any atom is 2.00 e. The van der Waals surface area contributed by atoms with Gasteiger partial charge in [0.25, 0.3) is 0 Å². The number of nitrogens with two attached hydrogens (primary N) is 1. The zero-order valence-corrected chi connectivity index (χ0v) is 32.8. The Balaban J connectivity index is 0.00000413. The zero-order chi connectivity index (χ0) is 37.2. The van der Waals surface area contributed by atoms with Crippen LogP contribution in [0.4, 0.5) is 5.69 Å². The van der Waals surface area contributed by atoms with Gasteiger partial charge >= 0.3 is 17.1 Å². The number of fused-ring (bicyclic) bond motifs is 20. The molecule has 0 fully saturated rings. The average molecular weight is 759 g/mol. The van der Waals surface area contributed by atoms with Crippen LogP contribution >= 0.6 is 0 Å². The molecule has 0 saturated heterocycles. The van der Waals surface area contributed by atoms with Crippen molar-refractivity contribution in [3.8, 4) is 45.6 Å². The number of anilines is 1. The van der Waals surface area contributed by atoms with Gasteiger partial charge in [-0.15, -0.1) is 0 Å². The largest absolute Gasteiger partial charge is 2.00 e. The van der Waals surface area contributed by atoms with E-state index in [1.54, 1.807) is 0 Å². The summed E-state index contributed by atoms with van der Waals surface area (Å²) in [5.74, 6) is 2.08. The maximum atomic E-state index is 6.34. The number of hydrogen-bond acceptors (Lipinski definition) is 7. The predicted octanol–water partition coefficient (Wildman–Crippen LogP) is 9.60. The van der Waals surface area contributed by atoms with Crippen LogP contribution in [-0.4, -0.2) is 29.9 Å². The molecule has 9 rings (SSSR count). The van der Waals surface area contributed by atoms with Crippen LogP contribution in [0.3, 0.4) is 0 Å². The van der Waals surface area contributed by atoms with Crippen molar-refractivity contribution in [2.75, 3.05) is 5.73 Å². The summed E-state index contributed by atoms with van der Waals surface area (Å²) >= 11 is 0. The van der Waals surface area contributed by atoms with Gasteiger partial charge in [-0.25, -0.2) is 9.97 Å². The van der Waals surface area contributed by atoms with E-state index in [1.807, 2.05) is 18.2 Å². The molecule has 0 spiro atoms. The van der Waals surface area contributed by atoms with E-state index in [9.17, 15) is 0 Å². The SMILES string of the molecule is CC(C)(C)c1ccc2c(c1)-c1nc-2nc2[n-]c(nc3nc(nc4[n-]c(n1)c1ccc(C(C)(C)C)cc41)-c1ccc(N)cc1-3)c1ccc(C(C)(C)C)cc21.[Cu+2]. The molecule has 0 unspecified atom stereocenters. The molecular weight excluding hydrogens is 718 g/mol. The second kappa shape index (κ2) is 12.0. The smallest absolute Gasteiger partial charge is 0.399 e. The van der Waals surface area contributed by atoms with Crippen LogP contribution in [0.1, 0.15) is 79.0 Å². The second-order valence-electron chi connectivity index (χ2n) is 17.3. The van der Waals surface area contributed by atoms with Crippen LogP contribution in [0.25, 0.3) is 89.7 Å². The molecule has 4 aromatic carbocycles. The summed E-state index contributed by atoms with van der Waals surface area (Å²) in [6.07, 6.45) is 0. The van der Waals surface area contributed by atoms with Crippen molar-refractivity contribution in [2.45, 2.75) is 78.6 Å². The molecule has 0 amide bonds. The molecule has 0 aliphatic carbocycles. The molecule has 9 nitrogen and oxygen atoms in total. The van der Waals surface area contributed by atoms with Crippen molar-refractivity contribution in [2.24, 2.45) is 0 Å². The quantitative estimate of drug-likeness (QED) is 0.119. The molecule has 2 aliphatic rings. The van der Waals surface area contributed by atoms with E-state index in [2.05, 4.69) is 117 Å². The first-order valence-electron chi connectivity index (χ1n) is 18.1. The number of hydrogen-bond donors (Lipinski definition) is 1. The molecule has 5 heterocycles. The molecule has 3 aromatic heterocycles.